The molecule has 0 unspecified atom stereocenters. The predicted molar refractivity (Wildman–Crippen MR) is 82.4 cm³/mol. The van der Waals surface area contributed by atoms with E-state index in [1.165, 1.54) is 0 Å². The lowest BCUT2D eigenvalue weighted by Gasteiger charge is -2.23. The van der Waals surface area contributed by atoms with E-state index in [4.69, 9.17) is 11.5 Å². The van der Waals surface area contributed by atoms with Crippen LogP contribution in [0.5, 0.6) is 0 Å². The van der Waals surface area contributed by atoms with Crippen molar-refractivity contribution in [2.24, 2.45) is 21.5 Å². The first-order valence-corrected chi connectivity index (χ1v) is 6.78. The smallest absolute Gasteiger partial charge is 0.223 e. The third-order valence-corrected chi connectivity index (χ3v) is 3.21. The average Bonchev–Trinajstić information content (AvgIpc) is 2.42. The van der Waals surface area contributed by atoms with Crippen molar-refractivity contribution < 1.29 is 0 Å². The molecular weight excluding hydrogens is 306 g/mol. The fourth-order valence-electron chi connectivity index (χ4n) is 1.71. The molecule has 0 atom stereocenters. The fourth-order valence-corrected chi connectivity index (χ4v) is 1.97. The van der Waals surface area contributed by atoms with Gasteiger partial charge in [0, 0.05) is 17.6 Å². The topological polar surface area (TPSA) is 80.0 Å². The number of rotatable bonds is 1. The van der Waals surface area contributed by atoms with Crippen molar-refractivity contribution in [2.45, 2.75) is 6.42 Å². The van der Waals surface area contributed by atoms with E-state index in [9.17, 15) is 0 Å². The molecule has 0 aromatic heterocycles. The van der Waals surface area contributed by atoms with Crippen LogP contribution in [-0.2, 0) is 0 Å². The zero-order valence-corrected chi connectivity index (χ0v) is 12.0. The quantitative estimate of drug-likeness (QED) is 0.471. The summed E-state index contributed by atoms with van der Waals surface area (Å²) >= 11 is 3.36. The van der Waals surface area contributed by atoms with Crippen LogP contribution in [-0.4, -0.2) is 29.9 Å². The van der Waals surface area contributed by atoms with E-state index in [-0.39, 0.29) is 5.96 Å². The van der Waals surface area contributed by atoms with Gasteiger partial charge in [-0.2, -0.15) is 4.99 Å². The molecule has 0 bridgehead atoms. The molecule has 0 amide bonds. The molecule has 1 aromatic carbocycles. The fraction of sp³-hybridized carbons (Fsp3) is 0.231. The third-order valence-electron chi connectivity index (χ3n) is 2.68. The van der Waals surface area contributed by atoms with Crippen LogP contribution in [0.4, 0.5) is 5.69 Å². The Labute approximate surface area is 120 Å². The van der Waals surface area contributed by atoms with Gasteiger partial charge in [0.1, 0.15) is 0 Å². The molecule has 1 aliphatic heterocycles. The maximum Gasteiger partial charge on any atom is 0.223 e. The summed E-state index contributed by atoms with van der Waals surface area (Å²) in [7, 11) is 0. The highest BCUT2D eigenvalue weighted by molar-refractivity contribution is 9.10. The molecule has 1 heterocycles. The molecule has 0 fully saturated rings. The Hall–Kier alpha value is -1.82. The van der Waals surface area contributed by atoms with Gasteiger partial charge < -0.3 is 16.4 Å². The van der Waals surface area contributed by atoms with Crippen molar-refractivity contribution in [1.29, 1.82) is 0 Å². The Bertz CT molecular complexity index is 518. The molecule has 0 radical (unpaired) electrons. The summed E-state index contributed by atoms with van der Waals surface area (Å²) in [4.78, 5) is 10.3. The predicted octanol–water partition coefficient (Wildman–Crippen LogP) is 1.97. The molecule has 100 valence electrons. The first kappa shape index (κ1) is 13.6. The van der Waals surface area contributed by atoms with E-state index in [1.54, 1.807) is 0 Å². The molecule has 0 spiro atoms. The SMILES string of the molecule is NC(=Nc1ccc(Br)cc1)/N=C(/N)N1CC=CCC1. The first-order valence-electron chi connectivity index (χ1n) is 5.99. The summed E-state index contributed by atoms with van der Waals surface area (Å²) in [5.41, 5.74) is 12.4. The normalized spacial score (nSPS) is 16.8. The van der Waals surface area contributed by atoms with Crippen molar-refractivity contribution in [2.75, 3.05) is 13.1 Å². The van der Waals surface area contributed by atoms with Gasteiger partial charge in [0.25, 0.3) is 0 Å². The number of nitrogens with two attached hydrogens (primary N) is 2. The number of hydrogen-bond donors (Lipinski definition) is 2. The molecule has 6 heteroatoms. The number of nitrogens with zero attached hydrogens (tertiary/aromatic N) is 3. The van der Waals surface area contributed by atoms with Crippen molar-refractivity contribution in [1.82, 2.24) is 4.90 Å². The Morgan fingerprint density at radius 2 is 1.89 bits per heavy atom. The van der Waals surface area contributed by atoms with Crippen molar-refractivity contribution in [3.05, 3.63) is 40.9 Å². The lowest BCUT2D eigenvalue weighted by Crippen LogP contribution is -2.40. The minimum Gasteiger partial charge on any atom is -0.369 e. The van der Waals surface area contributed by atoms with Crippen LogP contribution < -0.4 is 11.5 Å². The lowest BCUT2D eigenvalue weighted by molar-refractivity contribution is 0.450. The Morgan fingerprint density at radius 1 is 1.16 bits per heavy atom. The molecule has 1 aromatic rings. The molecule has 5 nitrogen and oxygen atoms in total. The van der Waals surface area contributed by atoms with Gasteiger partial charge in [0.2, 0.25) is 5.96 Å². The zero-order chi connectivity index (χ0) is 13.7. The summed E-state index contributed by atoms with van der Waals surface area (Å²) in [6.45, 7) is 1.62. The average molecular weight is 322 g/mol. The number of halogens is 1. The maximum absolute atomic E-state index is 5.90. The molecule has 1 aliphatic rings. The van der Waals surface area contributed by atoms with Gasteiger partial charge in [-0.25, -0.2) is 4.99 Å². The van der Waals surface area contributed by atoms with Crippen LogP contribution in [0.25, 0.3) is 0 Å². The number of benzene rings is 1. The largest absolute Gasteiger partial charge is 0.369 e. The summed E-state index contributed by atoms with van der Waals surface area (Å²) in [6.07, 6.45) is 5.16. The minimum absolute atomic E-state index is 0.161. The van der Waals surface area contributed by atoms with Gasteiger partial charge in [0.05, 0.1) is 5.69 Å². The minimum atomic E-state index is 0.161. The lowest BCUT2D eigenvalue weighted by atomic mass is 10.3. The van der Waals surface area contributed by atoms with Gasteiger partial charge in [-0.05, 0) is 30.7 Å². The second kappa shape index (κ2) is 6.38. The number of aliphatic imine (C=N–C) groups is 2. The van der Waals surface area contributed by atoms with Crippen LogP contribution in [0, 0.1) is 0 Å². The van der Waals surface area contributed by atoms with Gasteiger partial charge >= 0.3 is 0 Å². The van der Waals surface area contributed by atoms with Crippen molar-refractivity contribution >= 4 is 33.5 Å². The van der Waals surface area contributed by atoms with Gasteiger partial charge in [-0.15, -0.1) is 0 Å². The van der Waals surface area contributed by atoms with Gasteiger partial charge in [-0.3, -0.25) is 0 Å². The van der Waals surface area contributed by atoms with Gasteiger partial charge in [0.15, 0.2) is 5.96 Å². The maximum atomic E-state index is 5.90. The summed E-state index contributed by atoms with van der Waals surface area (Å²) in [6, 6.07) is 7.50. The second-order valence-corrected chi connectivity index (χ2v) is 5.04. The summed E-state index contributed by atoms with van der Waals surface area (Å²) in [5.74, 6) is 0.567. The molecule has 0 aliphatic carbocycles. The molecule has 0 saturated carbocycles. The Kier molecular flexibility index (Phi) is 4.57. The standard InChI is InChI=1S/C13H16BrN5/c14-10-4-6-11(7-5-10)17-12(15)18-13(16)19-8-2-1-3-9-19/h1-2,4-7H,3,8-9H2,(H4,15,16,17,18). The summed E-state index contributed by atoms with van der Waals surface area (Å²) < 4.78 is 0.994. The summed E-state index contributed by atoms with van der Waals surface area (Å²) in [5, 5.41) is 0. The van der Waals surface area contributed by atoms with Gasteiger partial charge in [-0.1, -0.05) is 28.1 Å². The molecular formula is C13H16BrN5. The molecule has 2 rings (SSSR count). The monoisotopic (exact) mass is 321 g/mol. The van der Waals surface area contributed by atoms with Crippen LogP contribution >= 0.6 is 15.9 Å². The van der Waals surface area contributed by atoms with E-state index in [1.807, 2.05) is 29.2 Å². The Balaban J connectivity index is 2.08. The van der Waals surface area contributed by atoms with Crippen LogP contribution in [0.1, 0.15) is 6.42 Å². The van der Waals surface area contributed by atoms with E-state index < -0.39 is 0 Å². The van der Waals surface area contributed by atoms with E-state index >= 15 is 0 Å². The van der Waals surface area contributed by atoms with Crippen LogP contribution in [0.15, 0.2) is 50.9 Å². The van der Waals surface area contributed by atoms with E-state index in [0.717, 1.165) is 29.7 Å². The third kappa shape index (κ3) is 4.10. The first-order chi connectivity index (χ1) is 9.15. The van der Waals surface area contributed by atoms with Crippen molar-refractivity contribution in [3.8, 4) is 0 Å². The van der Waals surface area contributed by atoms with Crippen LogP contribution in [0.3, 0.4) is 0 Å². The molecule has 4 N–H and O–H groups in total. The second-order valence-electron chi connectivity index (χ2n) is 4.12. The zero-order valence-electron chi connectivity index (χ0n) is 10.5. The van der Waals surface area contributed by atoms with Crippen LogP contribution in [0.2, 0.25) is 0 Å². The van der Waals surface area contributed by atoms with E-state index in [0.29, 0.717) is 5.96 Å². The Morgan fingerprint density at radius 3 is 2.53 bits per heavy atom. The van der Waals surface area contributed by atoms with E-state index in [2.05, 4.69) is 38.1 Å². The molecule has 0 saturated heterocycles. The van der Waals surface area contributed by atoms with Crippen molar-refractivity contribution in [3.63, 3.8) is 0 Å². The molecule has 19 heavy (non-hydrogen) atoms. The highest BCUT2D eigenvalue weighted by atomic mass is 79.9. The highest BCUT2D eigenvalue weighted by Gasteiger charge is 2.08. The number of hydrogen-bond acceptors (Lipinski definition) is 1. The highest BCUT2D eigenvalue weighted by Crippen LogP contribution is 2.16. The number of guanidine groups is 2.